The highest BCUT2D eigenvalue weighted by Gasteiger charge is 2.13. The van der Waals surface area contributed by atoms with Gasteiger partial charge < -0.3 is 10.2 Å². The summed E-state index contributed by atoms with van der Waals surface area (Å²) in [4.78, 5) is 15.2. The number of amides is 1. The first-order chi connectivity index (χ1) is 13.1. The summed E-state index contributed by atoms with van der Waals surface area (Å²) in [5.74, 6) is -0.102. The highest BCUT2D eigenvalue weighted by molar-refractivity contribution is 9.11. The summed E-state index contributed by atoms with van der Waals surface area (Å²) in [6.45, 7) is 2.52. The quantitative estimate of drug-likeness (QED) is 0.670. The predicted molar refractivity (Wildman–Crippen MR) is 109 cm³/mol. The molecule has 0 spiro atoms. The lowest BCUT2D eigenvalue weighted by Crippen LogP contribution is -2.21. The minimum absolute atomic E-state index is 0.102. The molecule has 3 aromatic rings. The highest BCUT2D eigenvalue weighted by atomic mass is 79.9. The summed E-state index contributed by atoms with van der Waals surface area (Å²) in [7, 11) is 2.17. The minimum Gasteiger partial charge on any atom is -0.346 e. The molecular formula is C19H20BrN5OS. The zero-order valence-electron chi connectivity index (χ0n) is 15.0. The Balaban J connectivity index is 1.44. The predicted octanol–water partition coefficient (Wildman–Crippen LogP) is 3.05. The molecule has 1 aromatic carbocycles. The molecular weight excluding hydrogens is 426 g/mol. The molecule has 0 atom stereocenters. The van der Waals surface area contributed by atoms with Gasteiger partial charge in [0, 0.05) is 13.1 Å². The lowest BCUT2D eigenvalue weighted by Gasteiger charge is -2.10. The molecule has 1 amide bonds. The number of halogens is 1. The van der Waals surface area contributed by atoms with Crippen LogP contribution >= 0.6 is 27.3 Å². The second-order valence-electron chi connectivity index (χ2n) is 6.70. The highest BCUT2D eigenvalue weighted by Crippen LogP contribution is 2.22. The molecule has 0 saturated heterocycles. The number of benzene rings is 1. The van der Waals surface area contributed by atoms with Crippen LogP contribution in [0, 0.1) is 0 Å². The van der Waals surface area contributed by atoms with Crippen LogP contribution in [0.4, 0.5) is 0 Å². The van der Waals surface area contributed by atoms with Gasteiger partial charge in [-0.2, -0.15) is 0 Å². The van der Waals surface area contributed by atoms with E-state index in [0.717, 1.165) is 41.1 Å². The Morgan fingerprint density at radius 3 is 2.81 bits per heavy atom. The molecule has 0 fully saturated rings. The number of likely N-dealkylation sites (N-methyl/N-ethyl adjacent to an activating group) is 1. The van der Waals surface area contributed by atoms with Gasteiger partial charge in [-0.25, -0.2) is 4.68 Å². The van der Waals surface area contributed by atoms with Crippen molar-refractivity contribution in [3.8, 4) is 5.69 Å². The first-order valence-electron chi connectivity index (χ1n) is 8.84. The van der Waals surface area contributed by atoms with Crippen LogP contribution in [0.1, 0.15) is 26.5 Å². The van der Waals surface area contributed by atoms with Crippen molar-refractivity contribution in [3.05, 3.63) is 62.0 Å². The van der Waals surface area contributed by atoms with Gasteiger partial charge in [-0.15, -0.1) is 16.4 Å². The average molecular weight is 446 g/mol. The van der Waals surface area contributed by atoms with E-state index in [2.05, 4.69) is 61.7 Å². The smallest absolute Gasteiger partial charge is 0.261 e. The van der Waals surface area contributed by atoms with Crippen LogP contribution in [0.3, 0.4) is 0 Å². The van der Waals surface area contributed by atoms with Gasteiger partial charge in [0.1, 0.15) is 5.69 Å². The molecule has 2 aromatic heterocycles. The fraction of sp³-hybridized carbons (Fsp3) is 0.316. The largest absolute Gasteiger partial charge is 0.346 e. The molecule has 6 nitrogen and oxygen atoms in total. The number of carbonyl (C=O) groups excluding carboxylic acids is 1. The minimum atomic E-state index is -0.102. The summed E-state index contributed by atoms with van der Waals surface area (Å²) in [6.07, 6.45) is 4.00. The van der Waals surface area contributed by atoms with E-state index in [1.54, 1.807) is 10.7 Å². The molecule has 1 aliphatic rings. The molecule has 0 aliphatic carbocycles. The molecule has 4 rings (SSSR count). The van der Waals surface area contributed by atoms with Crippen molar-refractivity contribution in [3.63, 3.8) is 0 Å². The van der Waals surface area contributed by atoms with Crippen LogP contribution in [-0.2, 0) is 19.4 Å². The normalized spacial score (nSPS) is 14.6. The summed E-state index contributed by atoms with van der Waals surface area (Å²) in [5.41, 5.74) is 4.53. The van der Waals surface area contributed by atoms with Gasteiger partial charge >= 0.3 is 0 Å². The lowest BCUT2D eigenvalue weighted by molar-refractivity contribution is 0.0954. The Kier molecular flexibility index (Phi) is 5.38. The van der Waals surface area contributed by atoms with Crippen LogP contribution in [0.15, 0.2) is 40.3 Å². The fourth-order valence-electron chi connectivity index (χ4n) is 3.17. The van der Waals surface area contributed by atoms with Gasteiger partial charge in [0.2, 0.25) is 0 Å². The summed E-state index contributed by atoms with van der Waals surface area (Å²) in [6, 6.07) is 10.2. The van der Waals surface area contributed by atoms with E-state index in [0.29, 0.717) is 11.4 Å². The Hall–Kier alpha value is -2.03. The molecule has 0 saturated carbocycles. The average Bonchev–Trinajstić information content (AvgIpc) is 3.28. The molecule has 3 heterocycles. The summed E-state index contributed by atoms with van der Waals surface area (Å²) in [5, 5.41) is 11.3. The molecule has 0 radical (unpaired) electrons. The Morgan fingerprint density at radius 2 is 2.04 bits per heavy atom. The number of fused-ring (bicyclic) bond motifs is 1. The molecule has 1 N–H and O–H groups in total. The topological polar surface area (TPSA) is 63.0 Å². The number of hydrogen-bond donors (Lipinski definition) is 1. The Morgan fingerprint density at radius 1 is 1.22 bits per heavy atom. The van der Waals surface area contributed by atoms with Crippen LogP contribution < -0.4 is 5.32 Å². The summed E-state index contributed by atoms with van der Waals surface area (Å²) >= 11 is 4.78. The van der Waals surface area contributed by atoms with Crippen molar-refractivity contribution in [2.24, 2.45) is 0 Å². The first kappa shape index (κ1) is 18.3. The van der Waals surface area contributed by atoms with Crippen molar-refractivity contribution in [2.75, 3.05) is 20.1 Å². The third-order valence-corrected chi connectivity index (χ3v) is 6.37. The number of nitrogens with zero attached hydrogens (tertiary/aromatic N) is 4. The van der Waals surface area contributed by atoms with Crippen LogP contribution in [0.25, 0.3) is 5.69 Å². The van der Waals surface area contributed by atoms with E-state index in [9.17, 15) is 4.79 Å². The zero-order chi connectivity index (χ0) is 18.8. The maximum Gasteiger partial charge on any atom is 0.261 e. The van der Waals surface area contributed by atoms with Crippen LogP contribution in [0.2, 0.25) is 0 Å². The van der Waals surface area contributed by atoms with Crippen LogP contribution in [0.5, 0.6) is 0 Å². The number of aromatic nitrogens is 3. The van der Waals surface area contributed by atoms with E-state index in [-0.39, 0.29) is 5.91 Å². The van der Waals surface area contributed by atoms with Crippen molar-refractivity contribution in [1.82, 2.24) is 25.2 Å². The number of hydrogen-bond acceptors (Lipinski definition) is 5. The number of carbonyl (C=O) groups is 1. The number of thiophene rings is 1. The van der Waals surface area contributed by atoms with Gasteiger partial charge in [-0.3, -0.25) is 4.79 Å². The van der Waals surface area contributed by atoms with Crippen molar-refractivity contribution in [2.45, 2.75) is 19.4 Å². The van der Waals surface area contributed by atoms with Gasteiger partial charge in [0.05, 0.1) is 27.1 Å². The summed E-state index contributed by atoms with van der Waals surface area (Å²) < 4.78 is 2.71. The molecule has 140 valence electrons. The van der Waals surface area contributed by atoms with E-state index in [1.807, 2.05) is 12.3 Å². The standard InChI is InChI=1S/C19H20BrN5OS/c1-24-8-6-13-2-3-16(10-14(13)7-9-24)25-12-15(22-23-25)11-21-19(26)17-4-5-18(20)27-17/h2-5,10,12H,6-9,11H2,1H3,(H,21,26). The molecule has 27 heavy (non-hydrogen) atoms. The van der Waals surface area contributed by atoms with Crippen molar-refractivity contribution < 1.29 is 4.79 Å². The molecule has 1 aliphatic heterocycles. The third kappa shape index (κ3) is 4.28. The molecule has 0 unspecified atom stereocenters. The third-order valence-electron chi connectivity index (χ3n) is 4.75. The second-order valence-corrected chi connectivity index (χ2v) is 9.16. The molecule has 8 heteroatoms. The maximum atomic E-state index is 12.1. The van der Waals surface area contributed by atoms with Gasteiger partial charge in [-0.05, 0) is 71.2 Å². The van der Waals surface area contributed by atoms with Gasteiger partial charge in [-0.1, -0.05) is 11.3 Å². The first-order valence-corrected chi connectivity index (χ1v) is 10.4. The van der Waals surface area contributed by atoms with Crippen molar-refractivity contribution >= 4 is 33.2 Å². The van der Waals surface area contributed by atoms with Crippen molar-refractivity contribution in [1.29, 1.82) is 0 Å². The maximum absolute atomic E-state index is 12.1. The van der Waals surface area contributed by atoms with Gasteiger partial charge in [0.15, 0.2) is 0 Å². The number of rotatable bonds is 4. The molecule has 0 bridgehead atoms. The van der Waals surface area contributed by atoms with Crippen LogP contribution in [-0.4, -0.2) is 45.9 Å². The Bertz CT molecular complexity index is 967. The lowest BCUT2D eigenvalue weighted by atomic mass is 10.0. The number of nitrogens with one attached hydrogen (secondary N) is 1. The van der Waals surface area contributed by atoms with E-state index < -0.39 is 0 Å². The van der Waals surface area contributed by atoms with E-state index >= 15 is 0 Å². The zero-order valence-corrected chi connectivity index (χ0v) is 17.4. The fourth-order valence-corrected chi connectivity index (χ4v) is 4.47. The monoisotopic (exact) mass is 445 g/mol. The van der Waals surface area contributed by atoms with E-state index in [1.165, 1.54) is 22.5 Å². The van der Waals surface area contributed by atoms with Gasteiger partial charge in [0.25, 0.3) is 5.91 Å². The SMILES string of the molecule is CN1CCc2ccc(-n3cc(CNC(=O)c4ccc(Br)s4)nn3)cc2CC1. The second kappa shape index (κ2) is 7.92. The van der Waals surface area contributed by atoms with E-state index in [4.69, 9.17) is 0 Å². The Labute approximate surface area is 170 Å².